The molecule has 2 aromatic carbocycles. The number of ketones is 1. The molecule has 5 nitrogen and oxygen atoms in total. The molecular formula is C22H22N2O3. The van der Waals surface area contributed by atoms with Crippen molar-refractivity contribution in [2.45, 2.75) is 19.6 Å². The van der Waals surface area contributed by atoms with Crippen LogP contribution >= 0.6 is 0 Å². The molecule has 0 N–H and O–H groups in total. The van der Waals surface area contributed by atoms with Gasteiger partial charge in [-0.2, -0.15) is 5.10 Å². The Labute approximate surface area is 158 Å². The van der Waals surface area contributed by atoms with Gasteiger partial charge in [0, 0.05) is 17.3 Å². The van der Waals surface area contributed by atoms with E-state index in [0.717, 1.165) is 27.9 Å². The van der Waals surface area contributed by atoms with E-state index < -0.39 is 0 Å². The van der Waals surface area contributed by atoms with Gasteiger partial charge in [-0.05, 0) is 30.2 Å². The van der Waals surface area contributed by atoms with E-state index >= 15 is 0 Å². The quantitative estimate of drug-likeness (QED) is 0.647. The van der Waals surface area contributed by atoms with Crippen molar-refractivity contribution in [3.05, 3.63) is 66.4 Å². The van der Waals surface area contributed by atoms with Crippen LogP contribution in [0.2, 0.25) is 0 Å². The highest BCUT2D eigenvalue weighted by molar-refractivity contribution is 6.01. The van der Waals surface area contributed by atoms with Gasteiger partial charge in [0.2, 0.25) is 0 Å². The summed E-state index contributed by atoms with van der Waals surface area (Å²) >= 11 is 0. The molecule has 27 heavy (non-hydrogen) atoms. The van der Waals surface area contributed by atoms with E-state index in [2.05, 4.69) is 11.2 Å². The van der Waals surface area contributed by atoms with E-state index in [-0.39, 0.29) is 11.9 Å². The molecular weight excluding hydrogens is 340 g/mol. The summed E-state index contributed by atoms with van der Waals surface area (Å²) in [6, 6.07) is 17.8. The SMILES string of the molecule is CC(=O)c1ccccc1-c1cccc(-c2ccn(CC3COCCO3)n2)c1. The minimum atomic E-state index is 0.0419. The van der Waals surface area contributed by atoms with Gasteiger partial charge < -0.3 is 9.47 Å². The molecule has 1 unspecified atom stereocenters. The second kappa shape index (κ2) is 7.86. The summed E-state index contributed by atoms with van der Waals surface area (Å²) in [7, 11) is 0. The third-order valence-electron chi connectivity index (χ3n) is 4.69. The molecule has 0 bridgehead atoms. The van der Waals surface area contributed by atoms with Crippen molar-refractivity contribution in [3.8, 4) is 22.4 Å². The average Bonchev–Trinajstić information content (AvgIpc) is 3.17. The summed E-state index contributed by atoms with van der Waals surface area (Å²) in [5, 5.41) is 4.68. The largest absolute Gasteiger partial charge is 0.376 e. The Hall–Kier alpha value is -2.76. The second-order valence-electron chi connectivity index (χ2n) is 6.67. The minimum absolute atomic E-state index is 0.0419. The lowest BCUT2D eigenvalue weighted by Crippen LogP contribution is -2.32. The Morgan fingerprint density at radius 2 is 1.96 bits per heavy atom. The molecule has 138 valence electrons. The zero-order valence-electron chi connectivity index (χ0n) is 15.3. The molecule has 1 fully saturated rings. The topological polar surface area (TPSA) is 53.4 Å². The first-order valence-corrected chi connectivity index (χ1v) is 9.14. The lowest BCUT2D eigenvalue weighted by atomic mass is 9.96. The number of carbonyl (C=O) groups excluding carboxylic acids is 1. The van der Waals surface area contributed by atoms with Crippen molar-refractivity contribution < 1.29 is 14.3 Å². The van der Waals surface area contributed by atoms with Crippen LogP contribution in [0.1, 0.15) is 17.3 Å². The highest BCUT2D eigenvalue weighted by Gasteiger charge is 2.16. The molecule has 0 radical (unpaired) electrons. The minimum Gasteiger partial charge on any atom is -0.376 e. The zero-order valence-corrected chi connectivity index (χ0v) is 15.3. The fourth-order valence-corrected chi connectivity index (χ4v) is 3.36. The third-order valence-corrected chi connectivity index (χ3v) is 4.69. The van der Waals surface area contributed by atoms with Gasteiger partial charge in [-0.3, -0.25) is 9.48 Å². The number of benzene rings is 2. The Kier molecular flexibility index (Phi) is 5.14. The fourth-order valence-electron chi connectivity index (χ4n) is 3.36. The van der Waals surface area contributed by atoms with E-state index in [1.54, 1.807) is 6.92 Å². The Morgan fingerprint density at radius 1 is 1.11 bits per heavy atom. The summed E-state index contributed by atoms with van der Waals surface area (Å²) < 4.78 is 13.0. The Balaban J connectivity index is 1.59. The van der Waals surface area contributed by atoms with Crippen LogP contribution < -0.4 is 0 Å². The first kappa shape index (κ1) is 17.6. The molecule has 1 aliphatic rings. The normalized spacial score (nSPS) is 17.0. The Morgan fingerprint density at radius 3 is 2.78 bits per heavy atom. The first-order valence-electron chi connectivity index (χ1n) is 9.14. The molecule has 1 aliphatic heterocycles. The molecule has 5 heteroatoms. The van der Waals surface area contributed by atoms with E-state index in [4.69, 9.17) is 9.47 Å². The summed E-state index contributed by atoms with van der Waals surface area (Å²) in [5.74, 6) is 0.0648. The molecule has 2 heterocycles. The summed E-state index contributed by atoms with van der Waals surface area (Å²) in [6.07, 6.45) is 2.00. The monoisotopic (exact) mass is 362 g/mol. The molecule has 1 saturated heterocycles. The number of aromatic nitrogens is 2. The van der Waals surface area contributed by atoms with Gasteiger partial charge in [0.05, 0.1) is 32.1 Å². The van der Waals surface area contributed by atoms with Crippen molar-refractivity contribution in [3.63, 3.8) is 0 Å². The molecule has 3 aromatic rings. The van der Waals surface area contributed by atoms with E-state index in [0.29, 0.717) is 26.4 Å². The van der Waals surface area contributed by atoms with E-state index in [1.165, 1.54) is 0 Å². The number of Topliss-reactive ketones (excluding diaryl/α,β-unsaturated/α-hetero) is 1. The van der Waals surface area contributed by atoms with Crippen LogP contribution in [0.15, 0.2) is 60.8 Å². The number of ether oxygens (including phenoxy) is 2. The smallest absolute Gasteiger partial charge is 0.160 e. The number of hydrogen-bond acceptors (Lipinski definition) is 4. The van der Waals surface area contributed by atoms with Crippen molar-refractivity contribution in [2.75, 3.05) is 19.8 Å². The van der Waals surface area contributed by atoms with Crippen LogP contribution in [0.25, 0.3) is 22.4 Å². The first-order chi connectivity index (χ1) is 13.2. The predicted molar refractivity (Wildman–Crippen MR) is 104 cm³/mol. The van der Waals surface area contributed by atoms with E-state index in [9.17, 15) is 4.79 Å². The van der Waals surface area contributed by atoms with Crippen LogP contribution in [-0.2, 0) is 16.0 Å². The van der Waals surface area contributed by atoms with Gasteiger partial charge in [0.25, 0.3) is 0 Å². The average molecular weight is 362 g/mol. The maximum atomic E-state index is 11.9. The van der Waals surface area contributed by atoms with E-state index in [1.807, 2.05) is 59.4 Å². The van der Waals surface area contributed by atoms with Crippen LogP contribution in [-0.4, -0.2) is 41.5 Å². The molecule has 0 amide bonds. The van der Waals surface area contributed by atoms with Gasteiger partial charge in [-0.25, -0.2) is 0 Å². The van der Waals surface area contributed by atoms with Gasteiger partial charge in [-0.15, -0.1) is 0 Å². The van der Waals surface area contributed by atoms with Crippen molar-refractivity contribution in [2.24, 2.45) is 0 Å². The summed E-state index contributed by atoms with van der Waals surface area (Å²) in [5.41, 5.74) is 4.60. The molecule has 0 saturated carbocycles. The zero-order chi connectivity index (χ0) is 18.6. The number of hydrogen-bond donors (Lipinski definition) is 0. The molecule has 1 aromatic heterocycles. The predicted octanol–water partition coefficient (Wildman–Crippen LogP) is 3.84. The molecule has 4 rings (SSSR count). The van der Waals surface area contributed by atoms with Crippen LogP contribution in [0.3, 0.4) is 0 Å². The highest BCUT2D eigenvalue weighted by atomic mass is 16.6. The van der Waals surface area contributed by atoms with Gasteiger partial charge in [0.15, 0.2) is 5.78 Å². The van der Waals surface area contributed by atoms with Gasteiger partial charge in [0.1, 0.15) is 6.10 Å². The lowest BCUT2D eigenvalue weighted by molar-refractivity contribution is -0.0946. The summed E-state index contributed by atoms with van der Waals surface area (Å²) in [6.45, 7) is 4.17. The molecule has 1 atom stereocenters. The molecule has 0 aliphatic carbocycles. The Bertz CT molecular complexity index is 942. The standard InChI is InChI=1S/C22H22N2O3/c1-16(25)20-7-2-3-8-21(20)17-5-4-6-18(13-17)22-9-10-24(23-22)14-19-15-26-11-12-27-19/h2-10,13,19H,11-12,14-15H2,1H3. The third kappa shape index (κ3) is 3.99. The second-order valence-corrected chi connectivity index (χ2v) is 6.67. The van der Waals surface area contributed by atoms with Gasteiger partial charge in [-0.1, -0.05) is 42.5 Å². The van der Waals surface area contributed by atoms with Crippen molar-refractivity contribution >= 4 is 5.78 Å². The highest BCUT2D eigenvalue weighted by Crippen LogP contribution is 2.28. The number of rotatable bonds is 5. The van der Waals surface area contributed by atoms with Gasteiger partial charge >= 0.3 is 0 Å². The van der Waals surface area contributed by atoms with Crippen LogP contribution in [0.5, 0.6) is 0 Å². The lowest BCUT2D eigenvalue weighted by Gasteiger charge is -2.22. The molecule has 0 spiro atoms. The maximum Gasteiger partial charge on any atom is 0.160 e. The summed E-state index contributed by atoms with van der Waals surface area (Å²) in [4.78, 5) is 11.9. The number of carbonyl (C=O) groups is 1. The van der Waals surface area contributed by atoms with Crippen LogP contribution in [0.4, 0.5) is 0 Å². The fraction of sp³-hybridized carbons (Fsp3) is 0.273. The maximum absolute atomic E-state index is 11.9. The van der Waals surface area contributed by atoms with Crippen molar-refractivity contribution in [1.82, 2.24) is 9.78 Å². The van der Waals surface area contributed by atoms with Crippen molar-refractivity contribution in [1.29, 1.82) is 0 Å². The van der Waals surface area contributed by atoms with Crippen LogP contribution in [0, 0.1) is 0 Å². The number of nitrogens with zero attached hydrogens (tertiary/aromatic N) is 2.